The first kappa shape index (κ1) is 12.1. The molecule has 0 saturated carbocycles. The standard InChI is InChI=1S/C9H8FNO5/c1-4-6(11(15)16)3-2-5(10)7(4)8(12)9(13)14/h2-3,8,12H,1H3,(H,13,14). The zero-order valence-corrected chi connectivity index (χ0v) is 8.18. The summed E-state index contributed by atoms with van der Waals surface area (Å²) in [6.45, 7) is 1.18. The average molecular weight is 229 g/mol. The predicted octanol–water partition coefficient (Wildman–Crippen LogP) is 1.16. The number of nitro benzene ring substituents is 1. The van der Waals surface area contributed by atoms with Crippen LogP contribution in [-0.2, 0) is 4.79 Å². The maximum atomic E-state index is 13.3. The molecule has 0 amide bonds. The monoisotopic (exact) mass is 229 g/mol. The van der Waals surface area contributed by atoms with Crippen LogP contribution in [0.25, 0.3) is 0 Å². The highest BCUT2D eigenvalue weighted by molar-refractivity contribution is 5.75. The summed E-state index contributed by atoms with van der Waals surface area (Å²) in [6, 6.07) is 1.68. The van der Waals surface area contributed by atoms with Crippen LogP contribution in [0.5, 0.6) is 0 Å². The molecule has 0 aliphatic heterocycles. The molecule has 0 aliphatic carbocycles. The molecule has 16 heavy (non-hydrogen) atoms. The molecule has 1 atom stereocenters. The van der Waals surface area contributed by atoms with Gasteiger partial charge in [-0.25, -0.2) is 9.18 Å². The van der Waals surface area contributed by atoms with Gasteiger partial charge in [0.05, 0.1) is 4.92 Å². The highest BCUT2D eigenvalue weighted by atomic mass is 19.1. The summed E-state index contributed by atoms with van der Waals surface area (Å²) in [5.41, 5.74) is -1.21. The molecule has 2 N–H and O–H groups in total. The highest BCUT2D eigenvalue weighted by Gasteiger charge is 2.26. The number of halogens is 1. The molecule has 1 unspecified atom stereocenters. The third-order valence-corrected chi connectivity index (χ3v) is 2.14. The van der Waals surface area contributed by atoms with Crippen LogP contribution in [0.2, 0.25) is 0 Å². The Kier molecular flexibility index (Phi) is 3.19. The molecule has 0 saturated heterocycles. The zero-order valence-electron chi connectivity index (χ0n) is 8.18. The Morgan fingerprint density at radius 3 is 2.56 bits per heavy atom. The largest absolute Gasteiger partial charge is 0.479 e. The molecule has 1 aromatic carbocycles. The van der Waals surface area contributed by atoms with Crippen LogP contribution in [0.4, 0.5) is 10.1 Å². The van der Waals surface area contributed by atoms with Crippen molar-refractivity contribution in [1.82, 2.24) is 0 Å². The topological polar surface area (TPSA) is 101 Å². The summed E-state index contributed by atoms with van der Waals surface area (Å²) in [6.07, 6.45) is -2.11. The van der Waals surface area contributed by atoms with Crippen molar-refractivity contribution in [2.75, 3.05) is 0 Å². The first-order valence-corrected chi connectivity index (χ1v) is 4.20. The van der Waals surface area contributed by atoms with Crippen molar-refractivity contribution in [3.63, 3.8) is 0 Å². The van der Waals surface area contributed by atoms with Crippen molar-refractivity contribution in [3.05, 3.63) is 39.2 Å². The minimum absolute atomic E-state index is 0.195. The SMILES string of the molecule is Cc1c([N+](=O)[O-])ccc(F)c1C(O)C(=O)O. The summed E-state index contributed by atoms with van der Waals surface area (Å²) in [7, 11) is 0. The van der Waals surface area contributed by atoms with E-state index in [1.54, 1.807) is 0 Å². The predicted molar refractivity (Wildman–Crippen MR) is 50.4 cm³/mol. The lowest BCUT2D eigenvalue weighted by molar-refractivity contribution is -0.385. The molecule has 0 aliphatic rings. The van der Waals surface area contributed by atoms with Gasteiger partial charge in [0.25, 0.3) is 5.69 Å². The van der Waals surface area contributed by atoms with E-state index in [-0.39, 0.29) is 5.56 Å². The van der Waals surface area contributed by atoms with E-state index in [1.807, 2.05) is 0 Å². The molecular weight excluding hydrogens is 221 g/mol. The first-order valence-electron chi connectivity index (χ1n) is 4.20. The second-order valence-corrected chi connectivity index (χ2v) is 3.10. The quantitative estimate of drug-likeness (QED) is 0.598. The molecular formula is C9H8FNO5. The molecule has 7 heteroatoms. The number of aliphatic carboxylic acids is 1. The summed E-state index contributed by atoms with van der Waals surface area (Å²) in [4.78, 5) is 20.3. The second kappa shape index (κ2) is 4.23. The maximum absolute atomic E-state index is 13.3. The number of carboxylic acids is 1. The number of nitro groups is 1. The van der Waals surface area contributed by atoms with Crippen LogP contribution in [0.3, 0.4) is 0 Å². The fourth-order valence-corrected chi connectivity index (χ4v) is 1.34. The summed E-state index contributed by atoms with van der Waals surface area (Å²) in [5, 5.41) is 28.3. The minimum atomic E-state index is -2.11. The number of carboxylic acid groups (broad SMARTS) is 1. The summed E-state index contributed by atoms with van der Waals surface area (Å²) in [5.74, 6) is -2.65. The molecule has 0 bridgehead atoms. The van der Waals surface area contributed by atoms with Gasteiger partial charge in [-0.15, -0.1) is 0 Å². The third kappa shape index (κ3) is 1.98. The van der Waals surface area contributed by atoms with Gasteiger partial charge in [-0.2, -0.15) is 0 Å². The van der Waals surface area contributed by atoms with Crippen molar-refractivity contribution in [2.45, 2.75) is 13.0 Å². The molecule has 0 aromatic heterocycles. The maximum Gasteiger partial charge on any atom is 0.337 e. The number of nitrogens with zero attached hydrogens (tertiary/aromatic N) is 1. The van der Waals surface area contributed by atoms with Gasteiger partial charge in [-0.05, 0) is 13.0 Å². The van der Waals surface area contributed by atoms with Gasteiger partial charge >= 0.3 is 5.97 Å². The molecule has 1 aromatic rings. The molecule has 0 heterocycles. The normalized spacial score (nSPS) is 12.2. The van der Waals surface area contributed by atoms with Crippen molar-refractivity contribution < 1.29 is 24.3 Å². The molecule has 86 valence electrons. The van der Waals surface area contributed by atoms with Gasteiger partial charge in [-0.3, -0.25) is 10.1 Å². The van der Waals surface area contributed by atoms with E-state index in [9.17, 15) is 24.4 Å². The van der Waals surface area contributed by atoms with E-state index in [1.165, 1.54) is 6.92 Å². The van der Waals surface area contributed by atoms with E-state index in [2.05, 4.69) is 0 Å². The number of rotatable bonds is 3. The van der Waals surface area contributed by atoms with Crippen molar-refractivity contribution in [1.29, 1.82) is 0 Å². The van der Waals surface area contributed by atoms with Crippen LogP contribution in [0.1, 0.15) is 17.2 Å². The number of aliphatic hydroxyl groups is 1. The highest BCUT2D eigenvalue weighted by Crippen LogP contribution is 2.28. The molecule has 1 rings (SSSR count). The smallest absolute Gasteiger partial charge is 0.337 e. The fraction of sp³-hybridized carbons (Fsp3) is 0.222. The number of aliphatic hydroxyl groups excluding tert-OH is 1. The Morgan fingerprint density at radius 1 is 1.56 bits per heavy atom. The lowest BCUT2D eigenvalue weighted by Crippen LogP contribution is -2.14. The van der Waals surface area contributed by atoms with Gasteiger partial charge < -0.3 is 10.2 Å². The second-order valence-electron chi connectivity index (χ2n) is 3.10. The van der Waals surface area contributed by atoms with Gasteiger partial charge in [0.15, 0.2) is 6.10 Å². The number of benzene rings is 1. The van der Waals surface area contributed by atoms with Crippen LogP contribution < -0.4 is 0 Å². The number of carbonyl (C=O) groups is 1. The van der Waals surface area contributed by atoms with Crippen molar-refractivity contribution >= 4 is 11.7 Å². The summed E-state index contributed by atoms with van der Waals surface area (Å²) < 4.78 is 13.3. The van der Waals surface area contributed by atoms with E-state index >= 15 is 0 Å². The van der Waals surface area contributed by atoms with E-state index < -0.39 is 34.1 Å². The molecule has 6 nitrogen and oxygen atoms in total. The van der Waals surface area contributed by atoms with Gasteiger partial charge in [0.1, 0.15) is 5.82 Å². The van der Waals surface area contributed by atoms with Crippen molar-refractivity contribution in [2.24, 2.45) is 0 Å². The van der Waals surface area contributed by atoms with Gasteiger partial charge in [-0.1, -0.05) is 0 Å². The Morgan fingerprint density at radius 2 is 2.12 bits per heavy atom. The van der Waals surface area contributed by atoms with E-state index in [4.69, 9.17) is 5.11 Å². The van der Waals surface area contributed by atoms with E-state index in [0.717, 1.165) is 12.1 Å². The number of hydrogen-bond acceptors (Lipinski definition) is 4. The zero-order chi connectivity index (χ0) is 12.5. The Bertz CT molecular complexity index is 459. The van der Waals surface area contributed by atoms with Crippen LogP contribution >= 0.6 is 0 Å². The lowest BCUT2D eigenvalue weighted by atomic mass is 10.0. The molecule has 0 spiro atoms. The Balaban J connectivity index is 3.43. The Hall–Kier alpha value is -2.02. The van der Waals surface area contributed by atoms with Crippen LogP contribution in [0, 0.1) is 22.9 Å². The van der Waals surface area contributed by atoms with Gasteiger partial charge in [0, 0.05) is 17.2 Å². The lowest BCUT2D eigenvalue weighted by Gasteiger charge is -2.10. The van der Waals surface area contributed by atoms with Crippen LogP contribution in [-0.4, -0.2) is 21.1 Å². The number of hydrogen-bond donors (Lipinski definition) is 2. The van der Waals surface area contributed by atoms with Crippen molar-refractivity contribution in [3.8, 4) is 0 Å². The van der Waals surface area contributed by atoms with E-state index in [0.29, 0.717) is 0 Å². The third-order valence-electron chi connectivity index (χ3n) is 2.14. The molecule has 0 radical (unpaired) electrons. The fourth-order valence-electron chi connectivity index (χ4n) is 1.34. The minimum Gasteiger partial charge on any atom is -0.479 e. The average Bonchev–Trinajstić information content (AvgIpc) is 2.16. The van der Waals surface area contributed by atoms with Crippen LogP contribution in [0.15, 0.2) is 12.1 Å². The molecule has 0 fully saturated rings. The summed E-state index contributed by atoms with van der Waals surface area (Å²) >= 11 is 0. The van der Waals surface area contributed by atoms with Gasteiger partial charge in [0.2, 0.25) is 0 Å². The Labute approximate surface area is 89.1 Å². The first-order chi connectivity index (χ1) is 7.36.